The Balaban J connectivity index is 1.41. The zero-order valence-corrected chi connectivity index (χ0v) is 19.3. The van der Waals surface area contributed by atoms with Crippen molar-refractivity contribution in [3.8, 4) is 17.0 Å². The number of aromatic nitrogens is 2. The third-order valence-corrected chi connectivity index (χ3v) is 6.21. The van der Waals surface area contributed by atoms with Crippen molar-refractivity contribution < 1.29 is 9.53 Å². The molecular weight excluding hydrogens is 424 g/mol. The number of ether oxygens (including phenoxy) is 1. The topological polar surface area (TPSA) is 50.6 Å². The van der Waals surface area contributed by atoms with E-state index in [1.165, 1.54) is 5.69 Å². The fourth-order valence-electron chi connectivity index (χ4n) is 4.39. The Hall–Kier alpha value is -4.06. The predicted molar refractivity (Wildman–Crippen MR) is 134 cm³/mol. The Morgan fingerprint density at radius 3 is 2.29 bits per heavy atom. The van der Waals surface area contributed by atoms with Gasteiger partial charge in [0, 0.05) is 43.6 Å². The van der Waals surface area contributed by atoms with Crippen LogP contribution in [-0.4, -0.2) is 53.9 Å². The molecule has 6 nitrogen and oxygen atoms in total. The summed E-state index contributed by atoms with van der Waals surface area (Å²) in [5.74, 6) is 0.759. The molecule has 4 aromatic rings. The van der Waals surface area contributed by atoms with E-state index in [1.807, 2.05) is 76.4 Å². The average molecular weight is 453 g/mol. The molecule has 1 fully saturated rings. The minimum absolute atomic E-state index is 0.0184. The number of amides is 1. The zero-order valence-electron chi connectivity index (χ0n) is 19.3. The standard InChI is InChI=1S/C28H28N4O2/c1-34-25-14-8-11-23(19-25)27-26(21-32(29-27)20-22-9-4-2-5-10-22)28(33)31-17-15-30(16-18-31)24-12-6-3-7-13-24/h2-14,19,21H,15-18,20H2,1H3. The Kier molecular flexibility index (Phi) is 6.29. The summed E-state index contributed by atoms with van der Waals surface area (Å²) in [5, 5.41) is 4.83. The Morgan fingerprint density at radius 1 is 0.882 bits per heavy atom. The van der Waals surface area contributed by atoms with Crippen molar-refractivity contribution in [1.82, 2.24) is 14.7 Å². The van der Waals surface area contributed by atoms with Crippen LogP contribution in [0.15, 0.2) is 91.1 Å². The fraction of sp³-hybridized carbons (Fsp3) is 0.214. The first-order valence-corrected chi connectivity index (χ1v) is 11.6. The summed E-state index contributed by atoms with van der Waals surface area (Å²) in [6.07, 6.45) is 1.88. The third kappa shape index (κ3) is 4.66. The lowest BCUT2D eigenvalue weighted by Gasteiger charge is -2.36. The summed E-state index contributed by atoms with van der Waals surface area (Å²) in [7, 11) is 1.64. The molecule has 1 aliphatic heterocycles. The Labute approximate surface area is 200 Å². The highest BCUT2D eigenvalue weighted by Gasteiger charge is 2.26. The minimum atomic E-state index is 0.0184. The predicted octanol–water partition coefficient (Wildman–Crippen LogP) is 4.57. The van der Waals surface area contributed by atoms with Gasteiger partial charge in [-0.15, -0.1) is 0 Å². The lowest BCUT2D eigenvalue weighted by molar-refractivity contribution is 0.0747. The van der Waals surface area contributed by atoms with E-state index in [0.717, 1.165) is 30.0 Å². The molecule has 1 aliphatic rings. The van der Waals surface area contributed by atoms with Crippen LogP contribution in [0.4, 0.5) is 5.69 Å². The largest absolute Gasteiger partial charge is 0.497 e. The summed E-state index contributed by atoms with van der Waals surface area (Å²) in [5.41, 5.74) is 4.51. The van der Waals surface area contributed by atoms with Crippen molar-refractivity contribution >= 4 is 11.6 Å². The van der Waals surface area contributed by atoms with Crippen LogP contribution in [0.25, 0.3) is 11.3 Å². The van der Waals surface area contributed by atoms with Crippen molar-refractivity contribution in [1.29, 1.82) is 0 Å². The second-order valence-electron chi connectivity index (χ2n) is 8.42. The molecule has 0 saturated carbocycles. The van der Waals surface area contributed by atoms with Crippen LogP contribution in [0.3, 0.4) is 0 Å². The molecule has 5 rings (SSSR count). The van der Waals surface area contributed by atoms with E-state index in [9.17, 15) is 4.79 Å². The first-order valence-electron chi connectivity index (χ1n) is 11.6. The van der Waals surface area contributed by atoms with Gasteiger partial charge in [-0.1, -0.05) is 60.7 Å². The smallest absolute Gasteiger partial charge is 0.257 e. The van der Waals surface area contributed by atoms with Crippen molar-refractivity contribution in [3.05, 3.63) is 102 Å². The van der Waals surface area contributed by atoms with Crippen molar-refractivity contribution in [2.75, 3.05) is 38.2 Å². The van der Waals surface area contributed by atoms with Gasteiger partial charge >= 0.3 is 0 Å². The number of carbonyl (C=O) groups is 1. The summed E-state index contributed by atoms with van der Waals surface area (Å²) in [4.78, 5) is 17.9. The highest BCUT2D eigenvalue weighted by Crippen LogP contribution is 2.28. The maximum Gasteiger partial charge on any atom is 0.257 e. The van der Waals surface area contributed by atoms with Crippen molar-refractivity contribution in [3.63, 3.8) is 0 Å². The quantitative estimate of drug-likeness (QED) is 0.430. The molecular formula is C28H28N4O2. The Morgan fingerprint density at radius 2 is 1.59 bits per heavy atom. The minimum Gasteiger partial charge on any atom is -0.497 e. The number of rotatable bonds is 6. The van der Waals surface area contributed by atoms with Gasteiger partial charge in [0.2, 0.25) is 0 Å². The molecule has 2 heterocycles. The first kappa shape index (κ1) is 21.8. The van der Waals surface area contributed by atoms with Gasteiger partial charge in [-0.2, -0.15) is 5.10 Å². The van der Waals surface area contributed by atoms with Gasteiger partial charge in [0.25, 0.3) is 5.91 Å². The monoisotopic (exact) mass is 452 g/mol. The first-order chi connectivity index (χ1) is 16.7. The number of para-hydroxylation sites is 1. The summed E-state index contributed by atoms with van der Waals surface area (Å²) in [6.45, 7) is 3.57. The van der Waals surface area contributed by atoms with Crippen LogP contribution in [0.1, 0.15) is 15.9 Å². The van der Waals surface area contributed by atoms with Crippen LogP contribution >= 0.6 is 0 Å². The van der Waals surface area contributed by atoms with Gasteiger partial charge in [-0.25, -0.2) is 0 Å². The highest BCUT2D eigenvalue weighted by atomic mass is 16.5. The van der Waals surface area contributed by atoms with E-state index >= 15 is 0 Å². The number of piperazine rings is 1. The van der Waals surface area contributed by atoms with Gasteiger partial charge in [-0.3, -0.25) is 9.48 Å². The molecule has 0 spiro atoms. The van der Waals surface area contributed by atoms with E-state index < -0.39 is 0 Å². The van der Waals surface area contributed by atoms with E-state index in [4.69, 9.17) is 9.84 Å². The van der Waals surface area contributed by atoms with Crippen molar-refractivity contribution in [2.24, 2.45) is 0 Å². The molecule has 6 heteroatoms. The van der Waals surface area contributed by atoms with Gasteiger partial charge in [0.1, 0.15) is 11.4 Å². The fourth-order valence-corrected chi connectivity index (χ4v) is 4.39. The van der Waals surface area contributed by atoms with Gasteiger partial charge in [-0.05, 0) is 29.8 Å². The number of carbonyl (C=O) groups excluding carboxylic acids is 1. The molecule has 0 atom stereocenters. The Bertz CT molecular complexity index is 1250. The second-order valence-corrected chi connectivity index (χ2v) is 8.42. The molecule has 1 aromatic heterocycles. The number of anilines is 1. The molecule has 0 bridgehead atoms. The lowest BCUT2D eigenvalue weighted by Crippen LogP contribution is -2.48. The van der Waals surface area contributed by atoms with E-state index in [1.54, 1.807) is 7.11 Å². The summed E-state index contributed by atoms with van der Waals surface area (Å²) < 4.78 is 7.27. The highest BCUT2D eigenvalue weighted by molar-refractivity contribution is 6.00. The number of nitrogens with zero attached hydrogens (tertiary/aromatic N) is 4. The molecule has 172 valence electrons. The normalized spacial score (nSPS) is 13.7. The number of hydrogen-bond acceptors (Lipinski definition) is 4. The maximum absolute atomic E-state index is 13.7. The molecule has 1 amide bonds. The second kappa shape index (κ2) is 9.83. The maximum atomic E-state index is 13.7. The molecule has 0 N–H and O–H groups in total. The van der Waals surface area contributed by atoms with E-state index in [-0.39, 0.29) is 5.91 Å². The number of benzene rings is 3. The summed E-state index contributed by atoms with van der Waals surface area (Å²) in [6, 6.07) is 28.2. The SMILES string of the molecule is COc1cccc(-c2nn(Cc3ccccc3)cc2C(=O)N2CCN(c3ccccc3)CC2)c1. The van der Waals surface area contributed by atoms with Gasteiger partial charge < -0.3 is 14.5 Å². The van der Waals surface area contributed by atoms with Crippen LogP contribution in [0.5, 0.6) is 5.75 Å². The number of hydrogen-bond donors (Lipinski definition) is 0. The van der Waals surface area contributed by atoms with Crippen LogP contribution < -0.4 is 9.64 Å². The number of methoxy groups -OCH3 is 1. The summed E-state index contributed by atoms with van der Waals surface area (Å²) >= 11 is 0. The molecule has 34 heavy (non-hydrogen) atoms. The van der Waals surface area contributed by atoms with Gasteiger partial charge in [0.05, 0.1) is 19.2 Å². The van der Waals surface area contributed by atoms with Crippen LogP contribution in [0, 0.1) is 0 Å². The molecule has 3 aromatic carbocycles. The lowest BCUT2D eigenvalue weighted by atomic mass is 10.1. The molecule has 0 aliphatic carbocycles. The van der Waals surface area contributed by atoms with Crippen LogP contribution in [-0.2, 0) is 6.54 Å². The zero-order chi connectivity index (χ0) is 23.3. The van der Waals surface area contributed by atoms with E-state index in [0.29, 0.717) is 30.9 Å². The average Bonchev–Trinajstić information content (AvgIpc) is 3.33. The molecule has 0 radical (unpaired) electrons. The molecule has 1 saturated heterocycles. The third-order valence-electron chi connectivity index (χ3n) is 6.21. The molecule has 0 unspecified atom stereocenters. The van der Waals surface area contributed by atoms with Crippen LogP contribution in [0.2, 0.25) is 0 Å². The van der Waals surface area contributed by atoms with E-state index in [2.05, 4.69) is 29.2 Å². The van der Waals surface area contributed by atoms with Crippen molar-refractivity contribution in [2.45, 2.75) is 6.54 Å². The van der Waals surface area contributed by atoms with Gasteiger partial charge in [0.15, 0.2) is 0 Å².